The van der Waals surface area contributed by atoms with E-state index in [1.807, 2.05) is 17.0 Å². The molecule has 0 radical (unpaired) electrons. The molecule has 3 heterocycles. The number of piperidine rings is 1. The molecule has 0 aromatic carbocycles. The van der Waals surface area contributed by atoms with Crippen molar-refractivity contribution in [2.75, 3.05) is 18.0 Å². The van der Waals surface area contributed by atoms with Crippen LogP contribution in [0.2, 0.25) is 0 Å². The number of aliphatic hydroxyl groups excluding tert-OH is 1. The number of hydrogen-bond donors (Lipinski definition) is 1. The van der Waals surface area contributed by atoms with Gasteiger partial charge in [0.25, 0.3) is 5.56 Å². The minimum atomic E-state index is -0.591. The number of nitriles is 2. The third-order valence-corrected chi connectivity index (χ3v) is 4.30. The van der Waals surface area contributed by atoms with Crippen LogP contribution < -0.4 is 10.5 Å². The van der Waals surface area contributed by atoms with E-state index in [-0.39, 0.29) is 11.3 Å². The maximum Gasteiger partial charge on any atom is 0.270 e. The fraction of sp³-hybridized carbons (Fsp3) is 0.294. The lowest BCUT2D eigenvalue weighted by atomic mass is 10.0. The van der Waals surface area contributed by atoms with Crippen LogP contribution in [0.4, 0.5) is 5.69 Å². The zero-order valence-corrected chi connectivity index (χ0v) is 13.2. The molecule has 2 aromatic rings. The summed E-state index contributed by atoms with van der Waals surface area (Å²) in [6, 6.07) is 7.14. The van der Waals surface area contributed by atoms with Crippen molar-refractivity contribution in [3.8, 4) is 12.1 Å². The fourth-order valence-corrected chi connectivity index (χ4v) is 2.97. The highest BCUT2D eigenvalue weighted by Gasteiger charge is 2.27. The number of fused-ring (bicyclic) bond motifs is 1. The number of rotatable bonds is 1. The second kappa shape index (κ2) is 5.80. The molecule has 0 aliphatic carbocycles. The molecule has 1 N–H and O–H groups in total. The molecule has 1 atom stereocenters. The first kappa shape index (κ1) is 15.7. The molecule has 7 heteroatoms. The lowest BCUT2D eigenvalue weighted by molar-refractivity contribution is 0.191. The number of anilines is 1. The van der Waals surface area contributed by atoms with Gasteiger partial charge in [-0.1, -0.05) is 6.58 Å². The predicted octanol–water partition coefficient (Wildman–Crippen LogP) is 0.804. The molecule has 24 heavy (non-hydrogen) atoms. The van der Waals surface area contributed by atoms with Gasteiger partial charge in [0, 0.05) is 20.1 Å². The van der Waals surface area contributed by atoms with Crippen LogP contribution in [-0.2, 0) is 7.05 Å². The molecule has 1 aliphatic rings. The number of hydrogen-bond acceptors (Lipinski definition) is 6. The zero-order chi connectivity index (χ0) is 17.4. The summed E-state index contributed by atoms with van der Waals surface area (Å²) in [5.41, 5.74) is 1.78. The molecule has 7 nitrogen and oxygen atoms in total. The molecule has 0 amide bonds. The van der Waals surface area contributed by atoms with Crippen LogP contribution in [0.25, 0.3) is 11.0 Å². The second-order valence-electron chi connectivity index (χ2n) is 5.76. The van der Waals surface area contributed by atoms with E-state index in [1.54, 1.807) is 13.1 Å². The van der Waals surface area contributed by atoms with Crippen molar-refractivity contribution in [1.82, 2.24) is 9.55 Å². The summed E-state index contributed by atoms with van der Waals surface area (Å²) >= 11 is 0. The molecule has 2 aromatic heterocycles. The number of aryl methyl sites for hydroxylation is 1. The van der Waals surface area contributed by atoms with E-state index in [0.717, 1.165) is 0 Å². The minimum Gasteiger partial charge on any atom is -0.389 e. The Bertz CT molecular complexity index is 993. The average molecular weight is 321 g/mol. The monoisotopic (exact) mass is 321 g/mol. The van der Waals surface area contributed by atoms with Crippen molar-refractivity contribution in [1.29, 1.82) is 10.5 Å². The topological polar surface area (TPSA) is 106 Å². The van der Waals surface area contributed by atoms with Gasteiger partial charge < -0.3 is 14.6 Å². The third kappa shape index (κ3) is 2.32. The van der Waals surface area contributed by atoms with Crippen molar-refractivity contribution in [3.63, 3.8) is 0 Å². The number of nitrogens with zero attached hydrogens (tertiary/aromatic N) is 5. The summed E-state index contributed by atoms with van der Waals surface area (Å²) in [6.07, 6.45) is -0.134. The van der Waals surface area contributed by atoms with Crippen LogP contribution in [0, 0.1) is 22.7 Å². The fourth-order valence-electron chi connectivity index (χ4n) is 2.97. The van der Waals surface area contributed by atoms with Crippen molar-refractivity contribution in [3.05, 3.63) is 45.9 Å². The van der Waals surface area contributed by atoms with Crippen molar-refractivity contribution in [2.45, 2.75) is 12.5 Å². The van der Waals surface area contributed by atoms with E-state index in [9.17, 15) is 15.2 Å². The first-order chi connectivity index (χ1) is 11.5. The van der Waals surface area contributed by atoms with Gasteiger partial charge in [0.1, 0.15) is 28.9 Å². The Morgan fingerprint density at radius 2 is 2.12 bits per heavy atom. The van der Waals surface area contributed by atoms with E-state index < -0.39 is 11.7 Å². The van der Waals surface area contributed by atoms with Crippen LogP contribution in [0.5, 0.6) is 0 Å². The number of aromatic nitrogens is 2. The Kier molecular flexibility index (Phi) is 3.80. The van der Waals surface area contributed by atoms with Crippen molar-refractivity contribution in [2.24, 2.45) is 7.05 Å². The van der Waals surface area contributed by atoms with Gasteiger partial charge in [-0.15, -0.1) is 0 Å². The van der Waals surface area contributed by atoms with Gasteiger partial charge in [-0.05, 0) is 24.1 Å². The Morgan fingerprint density at radius 1 is 1.38 bits per heavy atom. The van der Waals surface area contributed by atoms with E-state index in [1.165, 1.54) is 10.6 Å². The molecule has 1 aliphatic heterocycles. The quantitative estimate of drug-likeness (QED) is 0.779. The molecule has 120 valence electrons. The summed E-state index contributed by atoms with van der Waals surface area (Å²) in [5.74, 6) is 0. The molecule has 0 unspecified atom stereocenters. The van der Waals surface area contributed by atoms with E-state index in [4.69, 9.17) is 5.26 Å². The van der Waals surface area contributed by atoms with E-state index in [2.05, 4.69) is 11.6 Å². The summed E-state index contributed by atoms with van der Waals surface area (Å²) < 4.78 is 1.36. The lowest BCUT2D eigenvalue weighted by Crippen LogP contribution is -2.39. The highest BCUT2D eigenvalue weighted by atomic mass is 16.3. The summed E-state index contributed by atoms with van der Waals surface area (Å²) in [4.78, 5) is 18.7. The highest BCUT2D eigenvalue weighted by molar-refractivity contribution is 5.92. The smallest absolute Gasteiger partial charge is 0.270 e. The van der Waals surface area contributed by atoms with Crippen LogP contribution in [0.1, 0.15) is 17.7 Å². The molecule has 0 saturated carbocycles. The third-order valence-electron chi connectivity index (χ3n) is 4.30. The molecule has 0 bridgehead atoms. The Labute approximate surface area is 138 Å². The van der Waals surface area contributed by atoms with Gasteiger partial charge in [-0.25, -0.2) is 4.98 Å². The Balaban J connectivity index is 2.34. The number of aliphatic hydroxyl groups is 1. The summed E-state index contributed by atoms with van der Waals surface area (Å²) in [7, 11) is 1.57. The van der Waals surface area contributed by atoms with Gasteiger partial charge in [-0.3, -0.25) is 4.79 Å². The Morgan fingerprint density at radius 3 is 2.75 bits per heavy atom. The second-order valence-corrected chi connectivity index (χ2v) is 5.76. The maximum absolute atomic E-state index is 12.5. The first-order valence-electron chi connectivity index (χ1n) is 7.42. The SMILES string of the molecule is C=C1CN(c2c(C#N)c(=O)n(C)c3ccc(C#N)nc23)CC[C@@H]1O. The van der Waals surface area contributed by atoms with Crippen LogP contribution in [0.15, 0.2) is 29.1 Å². The van der Waals surface area contributed by atoms with Crippen LogP contribution >= 0.6 is 0 Å². The molecular weight excluding hydrogens is 306 g/mol. The van der Waals surface area contributed by atoms with Gasteiger partial charge in [0.2, 0.25) is 0 Å². The molecule has 1 fully saturated rings. The van der Waals surface area contributed by atoms with Crippen LogP contribution in [-0.4, -0.2) is 33.9 Å². The van der Waals surface area contributed by atoms with Gasteiger partial charge >= 0.3 is 0 Å². The minimum absolute atomic E-state index is 0.0169. The van der Waals surface area contributed by atoms with Crippen molar-refractivity contribution >= 4 is 16.7 Å². The van der Waals surface area contributed by atoms with E-state index in [0.29, 0.717) is 41.8 Å². The highest BCUT2D eigenvalue weighted by Crippen LogP contribution is 2.30. The van der Waals surface area contributed by atoms with Crippen molar-refractivity contribution < 1.29 is 5.11 Å². The van der Waals surface area contributed by atoms with Gasteiger partial charge in [0.05, 0.1) is 17.3 Å². The van der Waals surface area contributed by atoms with Gasteiger partial charge in [-0.2, -0.15) is 10.5 Å². The molecule has 3 rings (SSSR count). The molecule has 0 spiro atoms. The average Bonchev–Trinajstić information content (AvgIpc) is 2.59. The normalized spacial score (nSPS) is 17.6. The lowest BCUT2D eigenvalue weighted by Gasteiger charge is -2.34. The van der Waals surface area contributed by atoms with E-state index >= 15 is 0 Å². The standard InChI is InChI=1S/C17H15N5O2/c1-10-9-22(6-5-14(10)23)16-12(8-19)17(24)21(2)13-4-3-11(7-18)20-15(13)16/h3-4,14,23H,1,5-6,9H2,2H3/t14-/m0/s1. The summed E-state index contributed by atoms with van der Waals surface area (Å²) in [5, 5.41) is 28.5. The van der Waals surface area contributed by atoms with Crippen LogP contribution in [0.3, 0.4) is 0 Å². The first-order valence-corrected chi connectivity index (χ1v) is 7.42. The zero-order valence-electron chi connectivity index (χ0n) is 13.2. The molecule has 1 saturated heterocycles. The van der Waals surface area contributed by atoms with Gasteiger partial charge in [0.15, 0.2) is 0 Å². The molecular formula is C17H15N5O2. The Hall–Kier alpha value is -3.16. The maximum atomic E-state index is 12.5. The number of pyridine rings is 2. The summed E-state index contributed by atoms with van der Waals surface area (Å²) in [6.45, 7) is 4.65. The largest absolute Gasteiger partial charge is 0.389 e. The predicted molar refractivity (Wildman–Crippen MR) is 88.4 cm³/mol.